The van der Waals surface area contributed by atoms with Crippen molar-refractivity contribution in [3.8, 4) is 17.6 Å². The van der Waals surface area contributed by atoms with E-state index >= 15 is 0 Å². The zero-order chi connectivity index (χ0) is 16.9. The van der Waals surface area contributed by atoms with Crippen molar-refractivity contribution in [3.63, 3.8) is 0 Å². The Morgan fingerprint density at radius 2 is 2.04 bits per heavy atom. The highest BCUT2D eigenvalue weighted by Gasteiger charge is 2.57. The van der Waals surface area contributed by atoms with Gasteiger partial charge in [0.2, 0.25) is 0 Å². The van der Waals surface area contributed by atoms with Crippen LogP contribution in [-0.4, -0.2) is 19.7 Å². The lowest BCUT2D eigenvalue weighted by Gasteiger charge is -2.31. The van der Waals surface area contributed by atoms with Crippen LogP contribution in [0.25, 0.3) is 0 Å². The van der Waals surface area contributed by atoms with Crippen molar-refractivity contribution >= 4 is 0 Å². The quantitative estimate of drug-likeness (QED) is 0.916. The molecule has 5 rings (SSSR count). The van der Waals surface area contributed by atoms with Crippen LogP contribution in [0, 0.1) is 17.2 Å². The zero-order valence-corrected chi connectivity index (χ0v) is 14.0. The fourth-order valence-electron chi connectivity index (χ4n) is 4.44. The molecule has 2 aromatic rings. The third-order valence-corrected chi connectivity index (χ3v) is 5.95. The molecule has 2 heterocycles. The smallest absolute Gasteiger partial charge is 0.165 e. The molecule has 126 valence electrons. The summed E-state index contributed by atoms with van der Waals surface area (Å²) in [5.74, 6) is 2.51. The van der Waals surface area contributed by atoms with Gasteiger partial charge in [-0.2, -0.15) is 5.26 Å². The van der Waals surface area contributed by atoms with Gasteiger partial charge in [-0.05, 0) is 55.6 Å². The third kappa shape index (κ3) is 2.31. The number of nitriles is 1. The number of hydrogen-bond donors (Lipinski definition) is 1. The second-order valence-corrected chi connectivity index (χ2v) is 7.30. The van der Waals surface area contributed by atoms with Gasteiger partial charge < -0.3 is 14.8 Å². The highest BCUT2D eigenvalue weighted by atomic mass is 16.6. The first-order chi connectivity index (χ1) is 12.3. The number of ether oxygens (including phenoxy) is 2. The van der Waals surface area contributed by atoms with Gasteiger partial charge >= 0.3 is 0 Å². The van der Waals surface area contributed by atoms with Gasteiger partial charge in [0.1, 0.15) is 6.61 Å². The maximum Gasteiger partial charge on any atom is 0.165 e. The molecule has 0 radical (unpaired) electrons. The number of rotatable bonds is 2. The zero-order valence-electron chi connectivity index (χ0n) is 14.0. The molecule has 2 unspecified atom stereocenters. The van der Waals surface area contributed by atoms with E-state index in [9.17, 15) is 0 Å². The summed E-state index contributed by atoms with van der Waals surface area (Å²) in [5.41, 5.74) is 3.32. The number of hydrogen-bond acceptors (Lipinski definition) is 4. The van der Waals surface area contributed by atoms with E-state index in [4.69, 9.17) is 14.7 Å². The molecule has 0 amide bonds. The van der Waals surface area contributed by atoms with Crippen LogP contribution in [0.2, 0.25) is 0 Å². The van der Waals surface area contributed by atoms with Gasteiger partial charge in [-0.3, -0.25) is 0 Å². The first-order valence-electron chi connectivity index (χ1n) is 8.94. The van der Waals surface area contributed by atoms with E-state index in [1.807, 2.05) is 30.3 Å². The predicted octanol–water partition coefficient (Wildman–Crippen LogP) is 3.32. The first kappa shape index (κ1) is 14.8. The molecule has 3 atom stereocenters. The highest BCUT2D eigenvalue weighted by molar-refractivity contribution is 5.54. The fraction of sp³-hybridized carbons (Fsp3) is 0.381. The second kappa shape index (κ2) is 5.50. The van der Waals surface area contributed by atoms with Crippen LogP contribution in [0.1, 0.15) is 35.6 Å². The van der Waals surface area contributed by atoms with Gasteiger partial charge in [-0.25, -0.2) is 0 Å². The Morgan fingerprint density at radius 3 is 2.84 bits per heavy atom. The van der Waals surface area contributed by atoms with Crippen LogP contribution in [0.3, 0.4) is 0 Å². The molecule has 0 spiro atoms. The Hall–Kier alpha value is -2.51. The highest BCUT2D eigenvalue weighted by Crippen LogP contribution is 2.61. The van der Waals surface area contributed by atoms with E-state index in [1.54, 1.807) is 0 Å². The van der Waals surface area contributed by atoms with Gasteiger partial charge in [-0.15, -0.1) is 0 Å². The number of piperidine rings is 1. The molecule has 1 saturated carbocycles. The van der Waals surface area contributed by atoms with Crippen LogP contribution >= 0.6 is 0 Å². The Morgan fingerprint density at radius 1 is 1.16 bits per heavy atom. The SMILES string of the molecule is N#Cc1ccc([C@@H]2COc3c(cccc3C34CCNCC3C4)O2)cc1. The number of benzene rings is 2. The minimum atomic E-state index is -0.129. The summed E-state index contributed by atoms with van der Waals surface area (Å²) < 4.78 is 12.5. The number of nitrogens with one attached hydrogen (secondary N) is 1. The standard InChI is InChI=1S/C21H20N2O2/c22-11-14-4-6-15(7-5-14)19-13-24-20-17(2-1-3-18(20)25-19)21-8-9-23-12-16(21)10-21/h1-7,16,19,23H,8-10,12-13H2/t16?,19-,21?/m0/s1. The topological polar surface area (TPSA) is 54.3 Å². The van der Waals surface area contributed by atoms with E-state index in [-0.39, 0.29) is 6.10 Å². The van der Waals surface area contributed by atoms with Crippen LogP contribution in [0.15, 0.2) is 42.5 Å². The van der Waals surface area contributed by atoms with Crippen LogP contribution in [-0.2, 0) is 5.41 Å². The predicted molar refractivity (Wildman–Crippen MR) is 93.7 cm³/mol. The summed E-state index contributed by atoms with van der Waals surface area (Å²) in [6.45, 7) is 2.70. The van der Waals surface area contributed by atoms with Crippen LogP contribution in [0.5, 0.6) is 11.5 Å². The van der Waals surface area contributed by atoms with E-state index in [1.165, 1.54) is 18.4 Å². The molecular weight excluding hydrogens is 312 g/mol. The van der Waals surface area contributed by atoms with E-state index < -0.39 is 0 Å². The normalized spacial score (nSPS) is 29.4. The van der Waals surface area contributed by atoms with E-state index in [0.717, 1.165) is 36.1 Å². The molecule has 1 saturated heterocycles. The van der Waals surface area contributed by atoms with Gasteiger partial charge in [0, 0.05) is 11.0 Å². The lowest BCUT2D eigenvalue weighted by molar-refractivity contribution is 0.0892. The second-order valence-electron chi connectivity index (χ2n) is 7.30. The summed E-state index contributed by atoms with van der Waals surface area (Å²) in [5, 5.41) is 12.4. The Bertz CT molecular complexity index is 855. The minimum absolute atomic E-state index is 0.129. The maximum absolute atomic E-state index is 8.94. The van der Waals surface area contributed by atoms with Crippen molar-refractivity contribution in [2.75, 3.05) is 19.7 Å². The molecule has 4 heteroatoms. The summed E-state index contributed by atoms with van der Waals surface area (Å²) in [7, 11) is 0. The summed E-state index contributed by atoms with van der Waals surface area (Å²) >= 11 is 0. The van der Waals surface area contributed by atoms with Gasteiger partial charge in [0.05, 0.1) is 11.6 Å². The van der Waals surface area contributed by atoms with Crippen molar-refractivity contribution in [2.45, 2.75) is 24.4 Å². The molecular formula is C21H20N2O2. The summed E-state index contributed by atoms with van der Waals surface area (Å²) in [6.07, 6.45) is 2.30. The molecule has 2 fully saturated rings. The molecule has 1 N–H and O–H groups in total. The Labute approximate surface area is 147 Å². The van der Waals surface area contributed by atoms with Crippen molar-refractivity contribution in [2.24, 2.45) is 5.92 Å². The average Bonchev–Trinajstić information content (AvgIpc) is 3.43. The molecule has 0 bridgehead atoms. The average molecular weight is 332 g/mol. The monoisotopic (exact) mass is 332 g/mol. The number of fused-ring (bicyclic) bond motifs is 2. The third-order valence-electron chi connectivity index (χ3n) is 5.95. The van der Waals surface area contributed by atoms with Crippen molar-refractivity contribution < 1.29 is 9.47 Å². The molecule has 1 aliphatic carbocycles. The summed E-state index contributed by atoms with van der Waals surface area (Å²) in [6, 6.07) is 16.0. The number of nitrogens with zero attached hydrogens (tertiary/aromatic N) is 1. The van der Waals surface area contributed by atoms with Gasteiger partial charge in [0.15, 0.2) is 17.6 Å². The molecule has 2 aromatic carbocycles. The molecule has 0 aromatic heterocycles. The first-order valence-corrected chi connectivity index (χ1v) is 8.94. The lowest BCUT2D eigenvalue weighted by Crippen LogP contribution is -2.32. The van der Waals surface area contributed by atoms with Crippen molar-refractivity contribution in [1.82, 2.24) is 5.32 Å². The van der Waals surface area contributed by atoms with E-state index in [2.05, 4.69) is 23.5 Å². The lowest BCUT2D eigenvalue weighted by atomic mass is 9.87. The Kier molecular flexibility index (Phi) is 3.26. The Balaban J connectivity index is 1.44. The van der Waals surface area contributed by atoms with Crippen LogP contribution < -0.4 is 14.8 Å². The van der Waals surface area contributed by atoms with Crippen LogP contribution in [0.4, 0.5) is 0 Å². The molecule has 2 aliphatic heterocycles. The largest absolute Gasteiger partial charge is 0.485 e. The maximum atomic E-state index is 8.94. The van der Waals surface area contributed by atoms with Crippen molar-refractivity contribution in [3.05, 3.63) is 59.2 Å². The van der Waals surface area contributed by atoms with Gasteiger partial charge in [0.25, 0.3) is 0 Å². The van der Waals surface area contributed by atoms with Crippen molar-refractivity contribution in [1.29, 1.82) is 5.26 Å². The summed E-state index contributed by atoms with van der Waals surface area (Å²) in [4.78, 5) is 0. The van der Waals surface area contributed by atoms with E-state index in [0.29, 0.717) is 17.6 Å². The fourth-order valence-corrected chi connectivity index (χ4v) is 4.44. The molecule has 3 aliphatic rings. The molecule has 25 heavy (non-hydrogen) atoms. The molecule has 4 nitrogen and oxygen atoms in total. The van der Waals surface area contributed by atoms with Gasteiger partial charge in [-0.1, -0.05) is 24.3 Å². The minimum Gasteiger partial charge on any atom is -0.485 e. The number of para-hydroxylation sites is 1.